The van der Waals surface area contributed by atoms with Crippen molar-refractivity contribution >= 4 is 6.29 Å². The van der Waals surface area contributed by atoms with Gasteiger partial charge in [-0.3, -0.25) is 4.98 Å². The van der Waals surface area contributed by atoms with Crippen LogP contribution in [0.15, 0.2) is 18.3 Å². The fourth-order valence-electron chi connectivity index (χ4n) is 0.837. The number of rotatable bonds is 3. The fraction of sp³-hybridized carbons (Fsp3) is 0.250. The van der Waals surface area contributed by atoms with Crippen molar-refractivity contribution in [3.05, 3.63) is 29.6 Å². The zero-order chi connectivity index (χ0) is 8.97. The van der Waals surface area contributed by atoms with Crippen molar-refractivity contribution in [2.24, 2.45) is 0 Å². The van der Waals surface area contributed by atoms with E-state index in [0.29, 0.717) is 11.8 Å². The number of aromatic nitrogens is 1. The van der Waals surface area contributed by atoms with Gasteiger partial charge in [0.05, 0.1) is 0 Å². The van der Waals surface area contributed by atoms with Crippen molar-refractivity contribution in [1.82, 2.24) is 4.98 Å². The number of carbonyl (C=O) groups excluding carboxylic acids is 1. The van der Waals surface area contributed by atoms with Gasteiger partial charge < -0.3 is 4.79 Å². The van der Waals surface area contributed by atoms with Crippen LogP contribution in [0.4, 0.5) is 8.78 Å². The Labute approximate surface area is 68.2 Å². The molecule has 0 N–H and O–H groups in total. The van der Waals surface area contributed by atoms with Gasteiger partial charge in [0.1, 0.15) is 12.0 Å². The molecule has 0 radical (unpaired) electrons. The second kappa shape index (κ2) is 3.90. The molecule has 0 amide bonds. The third-order valence-electron chi connectivity index (χ3n) is 1.39. The number of aldehydes is 1. The Morgan fingerprint density at radius 2 is 2.33 bits per heavy atom. The minimum Gasteiger partial charge on any atom is -0.303 e. The average Bonchev–Trinajstić information content (AvgIpc) is 2.05. The van der Waals surface area contributed by atoms with Crippen LogP contribution in [-0.4, -0.2) is 11.3 Å². The summed E-state index contributed by atoms with van der Waals surface area (Å²) < 4.78 is 24.1. The smallest absolute Gasteiger partial charge is 0.280 e. The topological polar surface area (TPSA) is 30.0 Å². The summed E-state index contributed by atoms with van der Waals surface area (Å²) in [6, 6.07) is 2.78. The van der Waals surface area contributed by atoms with Crippen molar-refractivity contribution in [3.8, 4) is 0 Å². The van der Waals surface area contributed by atoms with Crippen LogP contribution >= 0.6 is 0 Å². The van der Waals surface area contributed by atoms with Gasteiger partial charge in [-0.05, 0) is 17.7 Å². The van der Waals surface area contributed by atoms with Crippen LogP contribution in [0.2, 0.25) is 0 Å². The first kappa shape index (κ1) is 8.77. The van der Waals surface area contributed by atoms with E-state index in [9.17, 15) is 13.6 Å². The van der Waals surface area contributed by atoms with Gasteiger partial charge in [-0.1, -0.05) is 0 Å². The van der Waals surface area contributed by atoms with Crippen molar-refractivity contribution in [2.75, 3.05) is 0 Å². The Morgan fingerprint density at radius 3 is 2.92 bits per heavy atom. The number of carbonyl (C=O) groups is 1. The molecule has 1 rings (SSSR count). The maximum atomic E-state index is 12.0. The van der Waals surface area contributed by atoms with Crippen molar-refractivity contribution in [3.63, 3.8) is 0 Å². The molecule has 1 aromatic rings. The van der Waals surface area contributed by atoms with E-state index in [1.54, 1.807) is 6.07 Å². The molecule has 2 nitrogen and oxygen atoms in total. The molecule has 0 saturated heterocycles. The lowest BCUT2D eigenvalue weighted by atomic mass is 10.2. The molecule has 0 unspecified atom stereocenters. The van der Waals surface area contributed by atoms with Gasteiger partial charge in [-0.2, -0.15) is 0 Å². The molecular formula is C8H7F2NO. The molecule has 0 aliphatic rings. The molecule has 0 aliphatic heterocycles. The zero-order valence-corrected chi connectivity index (χ0v) is 6.21. The van der Waals surface area contributed by atoms with Crippen LogP contribution in [0.1, 0.15) is 17.7 Å². The monoisotopic (exact) mass is 171 g/mol. The predicted molar refractivity (Wildman–Crippen MR) is 39.0 cm³/mol. The number of alkyl halides is 2. The van der Waals surface area contributed by atoms with E-state index in [1.165, 1.54) is 12.3 Å². The van der Waals surface area contributed by atoms with Crippen LogP contribution in [0.25, 0.3) is 0 Å². The summed E-state index contributed by atoms with van der Waals surface area (Å²) in [5.74, 6) is 0. The van der Waals surface area contributed by atoms with E-state index < -0.39 is 6.43 Å². The van der Waals surface area contributed by atoms with E-state index in [2.05, 4.69) is 4.98 Å². The highest BCUT2D eigenvalue weighted by atomic mass is 19.3. The Morgan fingerprint density at radius 1 is 1.58 bits per heavy atom. The largest absolute Gasteiger partial charge is 0.303 e. The van der Waals surface area contributed by atoms with Crippen LogP contribution in [0.3, 0.4) is 0 Å². The molecule has 12 heavy (non-hydrogen) atoms. The molecule has 0 atom stereocenters. The van der Waals surface area contributed by atoms with Crippen LogP contribution in [-0.2, 0) is 11.2 Å². The normalized spacial score (nSPS) is 10.2. The van der Waals surface area contributed by atoms with Gasteiger partial charge in [0.25, 0.3) is 6.43 Å². The standard InChI is InChI=1S/C8H7F2NO/c9-8(10)7-5-6(2-4-12)1-3-11-7/h1,3-5,8H,2H2. The molecule has 0 spiro atoms. The maximum absolute atomic E-state index is 12.0. The molecular weight excluding hydrogens is 164 g/mol. The van der Waals surface area contributed by atoms with Crippen molar-refractivity contribution < 1.29 is 13.6 Å². The van der Waals surface area contributed by atoms with Gasteiger partial charge in [-0.15, -0.1) is 0 Å². The highest BCUT2D eigenvalue weighted by Crippen LogP contribution is 2.16. The van der Waals surface area contributed by atoms with Crippen molar-refractivity contribution in [2.45, 2.75) is 12.8 Å². The molecule has 0 bridgehead atoms. The first-order valence-corrected chi connectivity index (χ1v) is 3.40. The van der Waals surface area contributed by atoms with E-state index in [1.807, 2.05) is 0 Å². The van der Waals surface area contributed by atoms with Crippen LogP contribution in [0.5, 0.6) is 0 Å². The first-order valence-electron chi connectivity index (χ1n) is 3.40. The Hall–Kier alpha value is -1.32. The van der Waals surface area contributed by atoms with E-state index in [-0.39, 0.29) is 12.1 Å². The van der Waals surface area contributed by atoms with E-state index >= 15 is 0 Å². The van der Waals surface area contributed by atoms with E-state index in [4.69, 9.17) is 0 Å². The molecule has 0 saturated carbocycles. The quantitative estimate of drug-likeness (QED) is 0.648. The first-order chi connectivity index (χ1) is 5.74. The van der Waals surface area contributed by atoms with Gasteiger partial charge in [-0.25, -0.2) is 8.78 Å². The summed E-state index contributed by atoms with van der Waals surface area (Å²) in [6.45, 7) is 0. The summed E-state index contributed by atoms with van der Waals surface area (Å²) in [4.78, 5) is 13.5. The maximum Gasteiger partial charge on any atom is 0.280 e. The van der Waals surface area contributed by atoms with Gasteiger partial charge in [0, 0.05) is 12.6 Å². The lowest BCUT2D eigenvalue weighted by Gasteiger charge is -1.99. The number of hydrogen-bond acceptors (Lipinski definition) is 2. The number of pyridine rings is 1. The molecule has 4 heteroatoms. The highest BCUT2D eigenvalue weighted by molar-refractivity contribution is 5.54. The van der Waals surface area contributed by atoms with Crippen molar-refractivity contribution in [1.29, 1.82) is 0 Å². The second-order valence-corrected chi connectivity index (χ2v) is 2.26. The molecule has 0 aromatic carbocycles. The number of hydrogen-bond donors (Lipinski definition) is 0. The summed E-state index contributed by atoms with van der Waals surface area (Å²) >= 11 is 0. The van der Waals surface area contributed by atoms with Gasteiger partial charge in [0.15, 0.2) is 0 Å². The summed E-state index contributed by atoms with van der Waals surface area (Å²) in [5.41, 5.74) is 0.282. The summed E-state index contributed by atoms with van der Waals surface area (Å²) in [7, 11) is 0. The minimum absolute atomic E-state index is 0.155. The Kier molecular flexibility index (Phi) is 2.85. The average molecular weight is 171 g/mol. The third-order valence-corrected chi connectivity index (χ3v) is 1.39. The zero-order valence-electron chi connectivity index (χ0n) is 6.21. The minimum atomic E-state index is -2.57. The highest BCUT2D eigenvalue weighted by Gasteiger charge is 2.07. The molecule has 1 aromatic heterocycles. The SMILES string of the molecule is O=CCc1ccnc(C(F)F)c1. The molecule has 0 fully saturated rings. The Bertz CT molecular complexity index is 276. The predicted octanol–water partition coefficient (Wildman–Crippen LogP) is 1.76. The second-order valence-electron chi connectivity index (χ2n) is 2.26. The third kappa shape index (κ3) is 2.08. The lowest BCUT2D eigenvalue weighted by molar-refractivity contribution is -0.107. The summed E-state index contributed by atoms with van der Waals surface area (Å²) in [5, 5.41) is 0. The molecule has 0 aliphatic carbocycles. The summed E-state index contributed by atoms with van der Waals surface area (Å²) in [6.07, 6.45) is -0.468. The van der Waals surface area contributed by atoms with Crippen LogP contribution < -0.4 is 0 Å². The van der Waals surface area contributed by atoms with Gasteiger partial charge >= 0.3 is 0 Å². The van der Waals surface area contributed by atoms with Gasteiger partial charge in [0.2, 0.25) is 0 Å². The lowest BCUT2D eigenvalue weighted by Crippen LogP contribution is -1.93. The molecule has 64 valence electrons. The van der Waals surface area contributed by atoms with Crippen LogP contribution in [0, 0.1) is 0 Å². The number of halogens is 2. The number of nitrogens with zero attached hydrogens (tertiary/aromatic N) is 1. The Balaban J connectivity index is 2.87. The van der Waals surface area contributed by atoms with E-state index in [0.717, 1.165) is 0 Å². The fourth-order valence-corrected chi connectivity index (χ4v) is 0.837. The molecule has 1 heterocycles.